The summed E-state index contributed by atoms with van der Waals surface area (Å²) in [5, 5.41) is 10.5. The zero-order valence-electron chi connectivity index (χ0n) is 8.97. The lowest BCUT2D eigenvalue weighted by Crippen LogP contribution is -2.33. The lowest BCUT2D eigenvalue weighted by molar-refractivity contribution is -0.132. The zero-order chi connectivity index (χ0) is 12.3. The largest absolute Gasteiger partial charge is 0.491 e. The van der Waals surface area contributed by atoms with E-state index in [0.29, 0.717) is 5.70 Å². The Bertz CT molecular complexity index is 422. The number of carbonyl (C=O) groups is 1. The topological polar surface area (TPSA) is 101 Å². The molecule has 7 heteroatoms. The summed E-state index contributed by atoms with van der Waals surface area (Å²) in [7, 11) is 1.23. The number of aliphatic imine (C=N–C) groups is 2. The molecular weight excluding hydrogens is 212 g/mol. The summed E-state index contributed by atoms with van der Waals surface area (Å²) >= 11 is 0. The molecule has 0 bridgehead atoms. The molecule has 0 atom stereocenters. The van der Waals surface area contributed by atoms with Gasteiger partial charge in [0.1, 0.15) is 0 Å². The van der Waals surface area contributed by atoms with Gasteiger partial charge in [0, 0.05) is 5.70 Å². The molecule has 3 N–H and O–H groups in total. The van der Waals surface area contributed by atoms with Gasteiger partial charge in [-0.3, -0.25) is 5.01 Å². The third-order valence-corrected chi connectivity index (χ3v) is 1.92. The molecule has 1 rings (SSSR count). The Labute approximate surface area is 92.2 Å². The van der Waals surface area contributed by atoms with Gasteiger partial charge >= 0.3 is 5.97 Å². The maximum absolute atomic E-state index is 11.3. The molecule has 1 aliphatic heterocycles. The van der Waals surface area contributed by atoms with E-state index in [1.165, 1.54) is 13.2 Å². The molecule has 0 spiro atoms. The van der Waals surface area contributed by atoms with Crippen molar-refractivity contribution in [2.45, 2.75) is 6.92 Å². The van der Waals surface area contributed by atoms with Gasteiger partial charge in [0.05, 0.1) is 7.11 Å². The van der Waals surface area contributed by atoms with Crippen LogP contribution in [0.15, 0.2) is 33.5 Å². The number of esters is 1. The number of nitrogens with two attached hydrogens (primary N) is 1. The van der Waals surface area contributed by atoms with Gasteiger partial charge in [-0.15, -0.1) is 0 Å². The third kappa shape index (κ3) is 2.09. The summed E-state index contributed by atoms with van der Waals surface area (Å²) in [6.07, 6.45) is 1.44. The second-order valence-corrected chi connectivity index (χ2v) is 2.95. The maximum Gasteiger partial charge on any atom is 0.356 e. The minimum Gasteiger partial charge on any atom is -0.491 e. The van der Waals surface area contributed by atoms with Gasteiger partial charge in [-0.1, -0.05) is 0 Å². The molecule has 0 unspecified atom stereocenters. The molecule has 7 nitrogen and oxygen atoms in total. The van der Waals surface area contributed by atoms with Crippen molar-refractivity contribution in [3.8, 4) is 0 Å². The van der Waals surface area contributed by atoms with Crippen molar-refractivity contribution in [2.24, 2.45) is 15.8 Å². The van der Waals surface area contributed by atoms with Crippen molar-refractivity contribution in [2.75, 3.05) is 7.11 Å². The number of hydrogen-bond acceptors (Lipinski definition) is 7. The Hall–Kier alpha value is -2.15. The minimum atomic E-state index is -0.623. The van der Waals surface area contributed by atoms with E-state index in [1.54, 1.807) is 6.92 Å². The highest BCUT2D eigenvalue weighted by atomic mass is 16.5. The van der Waals surface area contributed by atoms with Crippen LogP contribution in [0.2, 0.25) is 0 Å². The molecule has 0 saturated heterocycles. The summed E-state index contributed by atoms with van der Waals surface area (Å²) in [5.74, 6) is 4.46. The third-order valence-electron chi connectivity index (χ3n) is 1.92. The van der Waals surface area contributed by atoms with Crippen LogP contribution in [0, 0.1) is 0 Å². The highest BCUT2D eigenvalue weighted by molar-refractivity contribution is 6.41. The molecule has 1 heterocycles. The van der Waals surface area contributed by atoms with E-state index in [4.69, 9.17) is 5.84 Å². The first-order valence-electron chi connectivity index (χ1n) is 4.31. The van der Waals surface area contributed by atoms with Gasteiger partial charge in [-0.25, -0.2) is 20.6 Å². The van der Waals surface area contributed by atoms with E-state index < -0.39 is 11.9 Å². The van der Waals surface area contributed by atoms with Crippen LogP contribution in [-0.2, 0) is 9.53 Å². The molecule has 0 saturated carbocycles. The Morgan fingerprint density at radius 1 is 1.75 bits per heavy atom. The van der Waals surface area contributed by atoms with Crippen molar-refractivity contribution in [3.63, 3.8) is 0 Å². The van der Waals surface area contributed by atoms with Crippen molar-refractivity contribution >= 4 is 18.4 Å². The second kappa shape index (κ2) is 4.58. The highest BCUT2D eigenvalue weighted by Gasteiger charge is 2.22. The predicted molar refractivity (Wildman–Crippen MR) is 58.4 cm³/mol. The molecule has 0 aliphatic carbocycles. The number of hydrazine groups is 1. The van der Waals surface area contributed by atoms with Gasteiger partial charge in [-0.2, -0.15) is 0 Å². The fraction of sp³-hybridized carbons (Fsp3) is 0.222. The summed E-state index contributed by atoms with van der Waals surface area (Å²) in [6.45, 7) is 4.79. The van der Waals surface area contributed by atoms with E-state index >= 15 is 0 Å². The highest BCUT2D eigenvalue weighted by Crippen LogP contribution is 2.18. The SMILES string of the molecule is C=N/C(O)=C1/N=C(C(=O)OC)C=C(C)N1N. The number of ether oxygens (including phenoxy) is 1. The average Bonchev–Trinajstić information content (AvgIpc) is 2.30. The first-order chi connectivity index (χ1) is 7.51. The molecule has 1 aliphatic rings. The van der Waals surface area contributed by atoms with Gasteiger partial charge in [0.15, 0.2) is 5.71 Å². The molecule has 0 fully saturated rings. The van der Waals surface area contributed by atoms with Crippen molar-refractivity contribution in [1.82, 2.24) is 5.01 Å². The van der Waals surface area contributed by atoms with E-state index in [0.717, 1.165) is 5.01 Å². The number of carbonyl (C=O) groups excluding carboxylic acids is 1. The smallest absolute Gasteiger partial charge is 0.356 e. The van der Waals surface area contributed by atoms with Gasteiger partial charge in [0.25, 0.3) is 5.88 Å². The molecule has 0 amide bonds. The van der Waals surface area contributed by atoms with Crippen LogP contribution >= 0.6 is 0 Å². The number of nitrogens with zero attached hydrogens (tertiary/aromatic N) is 3. The van der Waals surface area contributed by atoms with Crippen molar-refractivity contribution in [3.05, 3.63) is 23.5 Å². The summed E-state index contributed by atoms with van der Waals surface area (Å²) < 4.78 is 4.51. The van der Waals surface area contributed by atoms with Gasteiger partial charge in [0.2, 0.25) is 5.82 Å². The average molecular weight is 224 g/mol. The number of allylic oxidation sites excluding steroid dienone is 1. The fourth-order valence-corrected chi connectivity index (χ4v) is 1.07. The number of methoxy groups -OCH3 is 1. The molecule has 0 aromatic heterocycles. The number of hydrogen-bond donors (Lipinski definition) is 2. The summed E-state index contributed by atoms with van der Waals surface area (Å²) in [4.78, 5) is 18.4. The van der Waals surface area contributed by atoms with Crippen LogP contribution in [0.3, 0.4) is 0 Å². The van der Waals surface area contributed by atoms with Crippen LogP contribution in [0.4, 0.5) is 0 Å². The number of aliphatic hydroxyl groups excluding tert-OH is 1. The van der Waals surface area contributed by atoms with E-state index in [-0.39, 0.29) is 11.5 Å². The van der Waals surface area contributed by atoms with Crippen LogP contribution < -0.4 is 5.84 Å². The number of aliphatic hydroxyl groups is 1. The molecule has 0 aromatic rings. The molecule has 0 aromatic carbocycles. The molecule has 16 heavy (non-hydrogen) atoms. The van der Waals surface area contributed by atoms with E-state index in [1.807, 2.05) is 0 Å². The second-order valence-electron chi connectivity index (χ2n) is 2.95. The van der Waals surface area contributed by atoms with Gasteiger partial charge in [-0.05, 0) is 19.7 Å². The normalized spacial score (nSPS) is 18.6. The monoisotopic (exact) mass is 224 g/mol. The zero-order valence-corrected chi connectivity index (χ0v) is 8.97. The lowest BCUT2D eigenvalue weighted by Gasteiger charge is -2.23. The van der Waals surface area contributed by atoms with E-state index in [2.05, 4.69) is 21.4 Å². The Morgan fingerprint density at radius 2 is 2.38 bits per heavy atom. The number of rotatable bonds is 2. The van der Waals surface area contributed by atoms with Gasteiger partial charge < -0.3 is 9.84 Å². The Balaban J connectivity index is 3.24. The Morgan fingerprint density at radius 3 is 2.88 bits per heavy atom. The van der Waals surface area contributed by atoms with Crippen LogP contribution in [-0.4, -0.2) is 35.6 Å². The fourth-order valence-electron chi connectivity index (χ4n) is 1.07. The minimum absolute atomic E-state index is 0.0342. The van der Waals surface area contributed by atoms with Crippen molar-refractivity contribution < 1.29 is 14.6 Å². The molecule has 86 valence electrons. The lowest BCUT2D eigenvalue weighted by atomic mass is 10.2. The van der Waals surface area contributed by atoms with Crippen LogP contribution in [0.1, 0.15) is 6.92 Å². The summed E-state index contributed by atoms with van der Waals surface area (Å²) in [5.41, 5.74) is 0.549. The summed E-state index contributed by atoms with van der Waals surface area (Å²) in [6, 6.07) is 0. The molecule has 0 radical (unpaired) electrons. The van der Waals surface area contributed by atoms with Crippen LogP contribution in [0.5, 0.6) is 0 Å². The predicted octanol–water partition coefficient (Wildman–Crippen LogP) is 0.0787. The van der Waals surface area contributed by atoms with E-state index in [9.17, 15) is 9.90 Å². The standard InChI is InChI=1S/C9H12N4O3/c1-5-4-6(9(15)16-3)12-7(13(5)10)8(14)11-2/h4,14H,2,10H2,1,3H3/b8-7+. The first kappa shape index (κ1) is 11.9. The Kier molecular flexibility index (Phi) is 3.41. The molecular formula is C9H12N4O3. The quantitative estimate of drug-likeness (QED) is 0.299. The van der Waals surface area contributed by atoms with Crippen LogP contribution in [0.25, 0.3) is 0 Å². The maximum atomic E-state index is 11.3. The van der Waals surface area contributed by atoms with Crippen molar-refractivity contribution in [1.29, 1.82) is 0 Å². The first-order valence-corrected chi connectivity index (χ1v) is 4.31.